The van der Waals surface area contributed by atoms with Crippen molar-refractivity contribution in [3.63, 3.8) is 0 Å². The van der Waals surface area contributed by atoms with Gasteiger partial charge in [0.2, 0.25) is 5.82 Å². The van der Waals surface area contributed by atoms with Crippen LogP contribution in [0.4, 0.5) is 5.82 Å². The molecule has 0 aliphatic heterocycles. The van der Waals surface area contributed by atoms with E-state index in [0.717, 1.165) is 29.4 Å². The van der Waals surface area contributed by atoms with Gasteiger partial charge >= 0.3 is 0 Å². The summed E-state index contributed by atoms with van der Waals surface area (Å²) in [6.45, 7) is 8.20. The fraction of sp³-hybridized carbons (Fsp3) is 0.385. The molecule has 3 aromatic heterocycles. The first-order chi connectivity index (χ1) is 16.8. The van der Waals surface area contributed by atoms with Crippen LogP contribution in [0.1, 0.15) is 34.9 Å². The summed E-state index contributed by atoms with van der Waals surface area (Å²) in [5, 5.41) is 7.84. The predicted octanol–water partition coefficient (Wildman–Crippen LogP) is 5.27. The van der Waals surface area contributed by atoms with Gasteiger partial charge in [0.15, 0.2) is 0 Å². The van der Waals surface area contributed by atoms with Crippen LogP contribution in [0.5, 0.6) is 0 Å². The summed E-state index contributed by atoms with van der Waals surface area (Å²) < 4.78 is 9.76. The van der Waals surface area contributed by atoms with Gasteiger partial charge in [-0.2, -0.15) is 5.10 Å². The normalized spacial score (nSPS) is 13.9. The van der Waals surface area contributed by atoms with Crippen LogP contribution in [0.2, 0.25) is 25.7 Å². The van der Waals surface area contributed by atoms with Crippen molar-refractivity contribution in [2.45, 2.75) is 51.2 Å². The highest BCUT2D eigenvalue weighted by Gasteiger charge is 2.27. The van der Waals surface area contributed by atoms with Gasteiger partial charge in [0, 0.05) is 32.7 Å². The van der Waals surface area contributed by atoms with Crippen molar-refractivity contribution in [2.24, 2.45) is 7.05 Å². The van der Waals surface area contributed by atoms with E-state index in [2.05, 4.69) is 69.9 Å². The summed E-state index contributed by atoms with van der Waals surface area (Å²) in [6, 6.07) is 15.7. The Labute approximate surface area is 206 Å². The largest absolute Gasteiger partial charge is 0.361 e. The second-order valence-corrected chi connectivity index (χ2v) is 16.1. The van der Waals surface area contributed by atoms with Crippen LogP contribution < -0.4 is 5.32 Å². The molecule has 0 atom stereocenters. The van der Waals surface area contributed by atoms with Crippen molar-refractivity contribution >= 4 is 30.8 Å². The number of hydrogen-bond acceptors (Lipinski definition) is 5. The third-order valence-corrected chi connectivity index (χ3v) is 8.07. The van der Waals surface area contributed by atoms with Gasteiger partial charge in [0.25, 0.3) is 5.91 Å². The molecule has 0 saturated heterocycles. The Morgan fingerprint density at radius 2 is 1.97 bits per heavy atom. The van der Waals surface area contributed by atoms with Crippen LogP contribution in [0.15, 0.2) is 48.8 Å². The molecule has 1 N–H and O–H groups in total. The average molecular weight is 489 g/mol. The van der Waals surface area contributed by atoms with Crippen LogP contribution in [0.3, 0.4) is 0 Å². The first kappa shape index (κ1) is 23.4. The zero-order valence-corrected chi connectivity index (χ0v) is 21.8. The average Bonchev–Trinajstić information content (AvgIpc) is 3.48. The van der Waals surface area contributed by atoms with Gasteiger partial charge in [-0.25, -0.2) is 14.6 Å². The molecular formula is C26H32N6O2Si. The molecule has 1 aliphatic carbocycles. The number of fused-ring (bicyclic) bond motifs is 1. The van der Waals surface area contributed by atoms with Crippen LogP contribution in [0, 0.1) is 0 Å². The van der Waals surface area contributed by atoms with E-state index in [4.69, 9.17) is 9.72 Å². The van der Waals surface area contributed by atoms with Gasteiger partial charge < -0.3 is 14.6 Å². The highest BCUT2D eigenvalue weighted by molar-refractivity contribution is 6.76. The smallest absolute Gasteiger partial charge is 0.294 e. The maximum atomic E-state index is 12.7. The molecule has 0 unspecified atom stereocenters. The fourth-order valence-corrected chi connectivity index (χ4v) is 5.00. The Morgan fingerprint density at radius 3 is 2.69 bits per heavy atom. The van der Waals surface area contributed by atoms with Crippen molar-refractivity contribution < 1.29 is 9.53 Å². The van der Waals surface area contributed by atoms with Gasteiger partial charge in [-0.1, -0.05) is 43.9 Å². The zero-order chi connectivity index (χ0) is 24.6. The van der Waals surface area contributed by atoms with Crippen LogP contribution in [-0.2, 0) is 18.5 Å². The molecule has 1 aromatic carbocycles. The lowest BCUT2D eigenvalue weighted by Crippen LogP contribution is -2.22. The number of anilines is 1. The lowest BCUT2D eigenvalue weighted by atomic mass is 10.0. The summed E-state index contributed by atoms with van der Waals surface area (Å²) in [5.74, 6) is 0.977. The van der Waals surface area contributed by atoms with Crippen molar-refractivity contribution in [1.82, 2.24) is 24.3 Å². The molecule has 182 valence electrons. The maximum absolute atomic E-state index is 12.7. The topological polar surface area (TPSA) is 86.9 Å². The molecule has 1 fully saturated rings. The third kappa shape index (κ3) is 5.20. The van der Waals surface area contributed by atoms with Gasteiger partial charge in [0.05, 0.1) is 5.69 Å². The summed E-state index contributed by atoms with van der Waals surface area (Å²) in [5.41, 5.74) is 4.50. The maximum Gasteiger partial charge on any atom is 0.294 e. The molecule has 3 heterocycles. The van der Waals surface area contributed by atoms with Crippen LogP contribution in [0.25, 0.3) is 22.3 Å². The number of carbonyl (C=O) groups excluding carboxylic acids is 1. The summed E-state index contributed by atoms with van der Waals surface area (Å²) in [6.07, 6.45) is 3.83. The standard InChI is InChI=1S/C26H32N6O2Si/c1-31-25(27-16-28-31)26(33)30-23-12-11-19-15-22(21-8-6-5-7-20(21)18-9-10-18)32(24(19)29-23)17-34-13-14-35(2,3)4/h5-8,11-12,15-16,18H,9-10,13-14,17H2,1-4H3,(H,29,30,33). The van der Waals surface area contributed by atoms with Crippen molar-refractivity contribution in [3.8, 4) is 11.3 Å². The minimum atomic E-state index is -1.19. The van der Waals surface area contributed by atoms with E-state index in [1.54, 1.807) is 7.05 Å². The van der Waals surface area contributed by atoms with E-state index < -0.39 is 8.07 Å². The monoisotopic (exact) mass is 488 g/mol. The first-order valence-corrected chi connectivity index (χ1v) is 15.8. The van der Waals surface area contributed by atoms with Crippen molar-refractivity contribution in [3.05, 3.63) is 60.2 Å². The van der Waals surface area contributed by atoms with Crippen LogP contribution in [-0.4, -0.2) is 44.9 Å². The Kier molecular flexibility index (Phi) is 6.29. The number of pyridine rings is 1. The highest BCUT2D eigenvalue weighted by Crippen LogP contribution is 2.45. The fourth-order valence-electron chi connectivity index (χ4n) is 4.24. The minimum absolute atomic E-state index is 0.232. The van der Waals surface area contributed by atoms with Crippen molar-refractivity contribution in [2.75, 3.05) is 11.9 Å². The van der Waals surface area contributed by atoms with Gasteiger partial charge in [0.1, 0.15) is 24.5 Å². The molecule has 0 spiro atoms. The van der Waals surface area contributed by atoms with E-state index in [1.165, 1.54) is 35.0 Å². The SMILES string of the molecule is Cn1ncnc1C(=O)Nc1ccc2cc(-c3ccccc3C3CC3)n(COCC[Si](C)(C)C)c2n1. The molecule has 0 bridgehead atoms. The molecular weight excluding hydrogens is 456 g/mol. The molecule has 4 aromatic rings. The third-order valence-electron chi connectivity index (χ3n) is 6.37. The Bertz CT molecular complexity index is 1370. The predicted molar refractivity (Wildman–Crippen MR) is 140 cm³/mol. The van der Waals surface area contributed by atoms with Gasteiger partial charge in [-0.15, -0.1) is 0 Å². The number of aryl methyl sites for hydroxylation is 1. The molecule has 9 heteroatoms. The molecule has 35 heavy (non-hydrogen) atoms. The lowest BCUT2D eigenvalue weighted by molar-refractivity contribution is 0.0909. The zero-order valence-electron chi connectivity index (χ0n) is 20.8. The Morgan fingerprint density at radius 1 is 1.17 bits per heavy atom. The number of amides is 1. The molecule has 1 saturated carbocycles. The second-order valence-electron chi connectivity index (χ2n) is 10.4. The number of carbonyl (C=O) groups is 1. The van der Waals surface area contributed by atoms with E-state index >= 15 is 0 Å². The molecule has 1 amide bonds. The first-order valence-electron chi connectivity index (χ1n) is 12.1. The number of aromatic nitrogens is 5. The quantitative estimate of drug-likeness (QED) is 0.256. The number of benzene rings is 1. The number of hydrogen-bond donors (Lipinski definition) is 1. The van der Waals surface area contributed by atoms with Crippen LogP contribution >= 0.6 is 0 Å². The van der Waals surface area contributed by atoms with Gasteiger partial charge in [-0.3, -0.25) is 4.79 Å². The summed E-state index contributed by atoms with van der Waals surface area (Å²) in [4.78, 5) is 21.5. The summed E-state index contributed by atoms with van der Waals surface area (Å²) >= 11 is 0. The molecule has 5 rings (SSSR count). The van der Waals surface area contributed by atoms with E-state index in [-0.39, 0.29) is 11.7 Å². The van der Waals surface area contributed by atoms with E-state index in [0.29, 0.717) is 18.5 Å². The number of nitrogens with zero attached hydrogens (tertiary/aromatic N) is 5. The number of rotatable bonds is 9. The van der Waals surface area contributed by atoms with Crippen molar-refractivity contribution in [1.29, 1.82) is 0 Å². The van der Waals surface area contributed by atoms with E-state index in [9.17, 15) is 4.79 Å². The van der Waals surface area contributed by atoms with Gasteiger partial charge in [-0.05, 0) is 48.6 Å². The Hall–Kier alpha value is -3.30. The lowest BCUT2D eigenvalue weighted by Gasteiger charge is -2.17. The summed E-state index contributed by atoms with van der Waals surface area (Å²) in [7, 11) is 0.491. The number of ether oxygens (including phenoxy) is 1. The minimum Gasteiger partial charge on any atom is -0.361 e. The highest BCUT2D eigenvalue weighted by atomic mass is 28.3. The number of nitrogens with one attached hydrogen (secondary N) is 1. The molecule has 1 aliphatic rings. The second kappa shape index (κ2) is 9.39. The van der Waals surface area contributed by atoms with E-state index in [1.807, 2.05) is 12.1 Å². The Balaban J connectivity index is 1.50. The molecule has 8 nitrogen and oxygen atoms in total. The molecule has 0 radical (unpaired) electrons.